The van der Waals surface area contributed by atoms with Gasteiger partial charge in [0.25, 0.3) is 11.8 Å². The monoisotopic (exact) mass is 299 g/mol. The topological polar surface area (TPSA) is 37.4 Å². The maximum Gasteiger partial charge on any atom is 0.261 e. The predicted octanol–water partition coefficient (Wildman–Crippen LogP) is 3.96. The fourth-order valence-corrected chi connectivity index (χ4v) is 3.41. The Morgan fingerprint density at radius 3 is 2.43 bits per heavy atom. The first-order chi connectivity index (χ1) is 10.2. The third kappa shape index (κ3) is 2.14. The summed E-state index contributed by atoms with van der Waals surface area (Å²) in [4.78, 5) is 27.7. The molecule has 21 heavy (non-hydrogen) atoms. The smallest absolute Gasteiger partial charge is 0.261 e. The molecule has 0 fully saturated rings. The Labute approximate surface area is 128 Å². The van der Waals surface area contributed by atoms with Gasteiger partial charge in [-0.25, -0.2) is 0 Å². The zero-order valence-corrected chi connectivity index (χ0v) is 13.0. The number of carbonyl (C=O) groups is 2. The highest BCUT2D eigenvalue weighted by molar-refractivity contribution is 7.98. The summed E-state index contributed by atoms with van der Waals surface area (Å²) in [7, 11) is 0. The molecule has 0 saturated heterocycles. The fraction of sp³-hybridized carbons (Fsp3) is 0.294. The van der Waals surface area contributed by atoms with Crippen LogP contribution in [0.1, 0.15) is 40.5 Å². The molecule has 0 atom stereocenters. The van der Waals surface area contributed by atoms with E-state index in [2.05, 4.69) is 6.92 Å². The van der Waals surface area contributed by atoms with Gasteiger partial charge in [-0.1, -0.05) is 25.5 Å². The second-order valence-electron chi connectivity index (χ2n) is 5.16. The minimum atomic E-state index is -0.162. The Balaban J connectivity index is 2.22. The summed E-state index contributed by atoms with van der Waals surface area (Å²) < 4.78 is 0. The molecule has 3 rings (SSSR count). The number of rotatable bonds is 4. The van der Waals surface area contributed by atoms with E-state index in [0.717, 1.165) is 28.5 Å². The van der Waals surface area contributed by atoms with E-state index in [1.807, 2.05) is 36.6 Å². The van der Waals surface area contributed by atoms with Crippen molar-refractivity contribution in [3.05, 3.63) is 41.5 Å². The summed E-state index contributed by atoms with van der Waals surface area (Å²) >= 11 is 1.63. The van der Waals surface area contributed by atoms with Crippen molar-refractivity contribution in [3.8, 4) is 0 Å². The number of imide groups is 1. The molecule has 0 aliphatic carbocycles. The summed E-state index contributed by atoms with van der Waals surface area (Å²) in [5, 5.41) is 1.81. The number of unbranched alkanes of at least 4 members (excludes halogenated alkanes) is 1. The van der Waals surface area contributed by atoms with E-state index in [0.29, 0.717) is 17.7 Å². The van der Waals surface area contributed by atoms with Crippen molar-refractivity contribution < 1.29 is 9.59 Å². The number of thioether (sulfide) groups is 1. The number of nitrogens with zero attached hydrogens (tertiary/aromatic N) is 1. The molecule has 0 spiro atoms. The van der Waals surface area contributed by atoms with Gasteiger partial charge in [0.2, 0.25) is 0 Å². The molecule has 1 aliphatic rings. The Bertz CT molecular complexity index is 717. The van der Waals surface area contributed by atoms with Crippen molar-refractivity contribution in [1.29, 1.82) is 0 Å². The lowest BCUT2D eigenvalue weighted by Gasteiger charge is -2.27. The van der Waals surface area contributed by atoms with E-state index in [4.69, 9.17) is 0 Å². The largest absolute Gasteiger partial charge is 0.274 e. The number of hydrogen-bond acceptors (Lipinski definition) is 3. The van der Waals surface area contributed by atoms with Gasteiger partial charge < -0.3 is 0 Å². The van der Waals surface area contributed by atoms with Crippen LogP contribution in [-0.4, -0.2) is 29.5 Å². The first kappa shape index (κ1) is 14.1. The molecule has 1 heterocycles. The Morgan fingerprint density at radius 2 is 1.76 bits per heavy atom. The van der Waals surface area contributed by atoms with Crippen LogP contribution >= 0.6 is 11.8 Å². The van der Waals surface area contributed by atoms with Crippen molar-refractivity contribution in [1.82, 2.24) is 4.90 Å². The quantitative estimate of drug-likeness (QED) is 0.633. The average Bonchev–Trinajstić information content (AvgIpc) is 2.52. The van der Waals surface area contributed by atoms with Gasteiger partial charge in [0.15, 0.2) is 0 Å². The van der Waals surface area contributed by atoms with Crippen LogP contribution in [0.3, 0.4) is 0 Å². The van der Waals surface area contributed by atoms with E-state index in [1.54, 1.807) is 11.8 Å². The van der Waals surface area contributed by atoms with Crippen LogP contribution in [0.5, 0.6) is 0 Å². The molecule has 3 nitrogen and oxygen atoms in total. The van der Waals surface area contributed by atoms with Crippen LogP contribution in [0, 0.1) is 0 Å². The number of hydrogen-bond donors (Lipinski definition) is 0. The lowest BCUT2D eigenvalue weighted by Crippen LogP contribution is -2.40. The minimum Gasteiger partial charge on any atom is -0.274 e. The highest BCUT2D eigenvalue weighted by atomic mass is 32.2. The van der Waals surface area contributed by atoms with E-state index in [-0.39, 0.29) is 11.8 Å². The molecule has 0 N–H and O–H groups in total. The molecule has 4 heteroatoms. The molecular formula is C17H17NO2S. The van der Waals surface area contributed by atoms with Gasteiger partial charge in [0.05, 0.1) is 0 Å². The van der Waals surface area contributed by atoms with Gasteiger partial charge in [0, 0.05) is 28.0 Å². The van der Waals surface area contributed by atoms with Gasteiger partial charge in [-0.2, -0.15) is 0 Å². The maximum absolute atomic E-state index is 12.6. The minimum absolute atomic E-state index is 0.162. The van der Waals surface area contributed by atoms with Gasteiger partial charge in [-0.15, -0.1) is 11.8 Å². The zero-order valence-electron chi connectivity index (χ0n) is 12.2. The Hall–Kier alpha value is -1.81. The lowest BCUT2D eigenvalue weighted by atomic mass is 9.94. The van der Waals surface area contributed by atoms with Gasteiger partial charge in [-0.05, 0) is 36.3 Å². The highest BCUT2D eigenvalue weighted by Crippen LogP contribution is 2.35. The molecule has 108 valence electrons. The SMILES string of the molecule is CCCCN1C(=O)c2cccc3c(SC)ccc(c23)C1=O. The van der Waals surface area contributed by atoms with Crippen LogP contribution in [-0.2, 0) is 0 Å². The van der Waals surface area contributed by atoms with Crippen molar-refractivity contribution in [2.45, 2.75) is 24.7 Å². The molecule has 0 radical (unpaired) electrons. The molecule has 0 aromatic heterocycles. The molecular weight excluding hydrogens is 282 g/mol. The van der Waals surface area contributed by atoms with Crippen LogP contribution < -0.4 is 0 Å². The van der Waals surface area contributed by atoms with E-state index < -0.39 is 0 Å². The number of amides is 2. The zero-order chi connectivity index (χ0) is 15.0. The fourth-order valence-electron chi connectivity index (χ4n) is 2.82. The maximum atomic E-state index is 12.6. The van der Waals surface area contributed by atoms with E-state index >= 15 is 0 Å². The summed E-state index contributed by atoms with van der Waals surface area (Å²) in [6.07, 6.45) is 3.80. The third-order valence-corrected chi connectivity index (χ3v) is 4.70. The van der Waals surface area contributed by atoms with E-state index in [9.17, 15) is 9.59 Å². The van der Waals surface area contributed by atoms with Crippen LogP contribution in [0.15, 0.2) is 35.2 Å². The van der Waals surface area contributed by atoms with Crippen molar-refractivity contribution in [3.63, 3.8) is 0 Å². The van der Waals surface area contributed by atoms with Gasteiger partial charge in [0.1, 0.15) is 0 Å². The normalized spacial score (nSPS) is 14.1. The van der Waals surface area contributed by atoms with E-state index in [1.165, 1.54) is 4.90 Å². The van der Waals surface area contributed by atoms with Crippen LogP contribution in [0.2, 0.25) is 0 Å². The summed E-state index contributed by atoms with van der Waals surface area (Å²) in [5.74, 6) is -0.324. The van der Waals surface area contributed by atoms with Crippen molar-refractivity contribution in [2.24, 2.45) is 0 Å². The average molecular weight is 299 g/mol. The predicted molar refractivity (Wildman–Crippen MR) is 86.0 cm³/mol. The second-order valence-corrected chi connectivity index (χ2v) is 6.01. The molecule has 0 saturated carbocycles. The number of benzene rings is 2. The summed E-state index contributed by atoms with van der Waals surface area (Å²) in [5.41, 5.74) is 1.29. The van der Waals surface area contributed by atoms with Gasteiger partial charge >= 0.3 is 0 Å². The highest BCUT2D eigenvalue weighted by Gasteiger charge is 2.32. The van der Waals surface area contributed by atoms with Crippen molar-refractivity contribution >= 4 is 34.3 Å². The van der Waals surface area contributed by atoms with Crippen LogP contribution in [0.4, 0.5) is 0 Å². The molecule has 2 amide bonds. The number of carbonyl (C=O) groups excluding carboxylic acids is 2. The third-order valence-electron chi connectivity index (χ3n) is 3.91. The first-order valence-corrected chi connectivity index (χ1v) is 8.37. The Kier molecular flexibility index (Phi) is 3.72. The molecule has 1 aliphatic heterocycles. The summed E-state index contributed by atoms with van der Waals surface area (Å²) in [6, 6.07) is 9.52. The van der Waals surface area contributed by atoms with Gasteiger partial charge in [-0.3, -0.25) is 14.5 Å². The van der Waals surface area contributed by atoms with Crippen LogP contribution in [0.25, 0.3) is 10.8 Å². The standard InChI is InChI=1S/C17H17NO2S/c1-3-4-10-18-16(19)12-7-5-6-11-14(21-2)9-8-13(15(11)12)17(18)20/h5-9H,3-4,10H2,1-2H3. The second kappa shape index (κ2) is 5.53. The molecule has 0 unspecified atom stereocenters. The lowest BCUT2D eigenvalue weighted by molar-refractivity contribution is 0.0608. The molecule has 2 aromatic carbocycles. The molecule has 2 aromatic rings. The first-order valence-electron chi connectivity index (χ1n) is 7.15. The Morgan fingerprint density at radius 1 is 1.05 bits per heavy atom. The molecule has 0 bridgehead atoms. The summed E-state index contributed by atoms with van der Waals surface area (Å²) in [6.45, 7) is 2.55. The van der Waals surface area contributed by atoms with Crippen molar-refractivity contribution in [2.75, 3.05) is 12.8 Å².